The summed E-state index contributed by atoms with van der Waals surface area (Å²) in [5.74, 6) is -2.25. The van der Waals surface area contributed by atoms with E-state index in [2.05, 4.69) is 11.3 Å². The van der Waals surface area contributed by atoms with Crippen LogP contribution in [-0.2, 0) is 19.3 Å². The van der Waals surface area contributed by atoms with E-state index in [1.54, 1.807) is 12.1 Å². The predicted octanol–water partition coefficient (Wildman–Crippen LogP) is 6.25. The lowest BCUT2D eigenvalue weighted by Gasteiger charge is -2.26. The standard InChI is InChI=1S/C21H19F5O/c1-2-3-4-13-5-8-16(18(22)11-13)14-6-9-17-15(12-14)7-10-19(20(17)23)27-21(24,25)26/h2,5,7-8,10-11,14H,1,3-4,6,9,12H2. The summed E-state index contributed by atoms with van der Waals surface area (Å²) in [7, 11) is 0. The molecule has 3 rings (SSSR count). The first-order chi connectivity index (χ1) is 12.8. The Balaban J connectivity index is 1.81. The average Bonchev–Trinajstić information content (AvgIpc) is 2.61. The lowest BCUT2D eigenvalue weighted by atomic mass is 9.79. The van der Waals surface area contributed by atoms with Crippen LogP contribution in [0.25, 0.3) is 0 Å². The molecule has 1 unspecified atom stereocenters. The van der Waals surface area contributed by atoms with E-state index in [9.17, 15) is 22.0 Å². The van der Waals surface area contributed by atoms with E-state index in [0.717, 1.165) is 18.1 Å². The van der Waals surface area contributed by atoms with Crippen LogP contribution in [-0.4, -0.2) is 6.36 Å². The average molecular weight is 382 g/mol. The lowest BCUT2D eigenvalue weighted by molar-refractivity contribution is -0.275. The van der Waals surface area contributed by atoms with Crippen molar-refractivity contribution in [3.8, 4) is 5.75 Å². The molecule has 1 nitrogen and oxygen atoms in total. The molecule has 0 heterocycles. The monoisotopic (exact) mass is 382 g/mol. The third-order valence-electron chi connectivity index (χ3n) is 4.88. The number of ether oxygens (including phenoxy) is 1. The second-order valence-corrected chi connectivity index (χ2v) is 6.69. The van der Waals surface area contributed by atoms with Crippen molar-refractivity contribution >= 4 is 0 Å². The minimum Gasteiger partial charge on any atom is -0.403 e. The number of halogens is 5. The zero-order valence-corrected chi connectivity index (χ0v) is 14.6. The van der Waals surface area contributed by atoms with Crippen LogP contribution < -0.4 is 4.74 Å². The molecule has 1 atom stereocenters. The van der Waals surface area contributed by atoms with Crippen LogP contribution in [0.5, 0.6) is 5.75 Å². The van der Waals surface area contributed by atoms with Gasteiger partial charge in [-0.3, -0.25) is 0 Å². The Morgan fingerprint density at radius 3 is 2.59 bits per heavy atom. The van der Waals surface area contributed by atoms with E-state index in [4.69, 9.17) is 0 Å². The highest BCUT2D eigenvalue weighted by Crippen LogP contribution is 2.38. The van der Waals surface area contributed by atoms with Gasteiger partial charge in [0.2, 0.25) is 0 Å². The summed E-state index contributed by atoms with van der Waals surface area (Å²) in [6.45, 7) is 3.65. The summed E-state index contributed by atoms with van der Waals surface area (Å²) in [5.41, 5.74) is 2.25. The molecule has 0 N–H and O–H groups in total. The van der Waals surface area contributed by atoms with Gasteiger partial charge < -0.3 is 4.74 Å². The number of rotatable bonds is 5. The topological polar surface area (TPSA) is 9.23 Å². The van der Waals surface area contributed by atoms with E-state index in [0.29, 0.717) is 30.4 Å². The van der Waals surface area contributed by atoms with Crippen molar-refractivity contribution in [3.05, 3.63) is 76.9 Å². The number of alkyl halides is 3. The van der Waals surface area contributed by atoms with Crippen LogP contribution in [0.3, 0.4) is 0 Å². The summed E-state index contributed by atoms with van der Waals surface area (Å²) in [4.78, 5) is 0. The molecule has 2 aromatic carbocycles. The Hall–Kier alpha value is -2.37. The third kappa shape index (κ3) is 4.49. The highest BCUT2D eigenvalue weighted by molar-refractivity contribution is 5.41. The minimum atomic E-state index is -4.94. The summed E-state index contributed by atoms with van der Waals surface area (Å²) in [6.07, 6.45) is -0.626. The van der Waals surface area contributed by atoms with Crippen molar-refractivity contribution in [1.29, 1.82) is 0 Å². The number of hydrogen-bond acceptors (Lipinski definition) is 1. The fourth-order valence-electron chi connectivity index (χ4n) is 3.58. The van der Waals surface area contributed by atoms with Gasteiger partial charge in [-0.15, -0.1) is 19.8 Å². The molecule has 27 heavy (non-hydrogen) atoms. The van der Waals surface area contributed by atoms with Crippen molar-refractivity contribution in [1.82, 2.24) is 0 Å². The fraction of sp³-hybridized carbons (Fsp3) is 0.333. The summed E-state index contributed by atoms with van der Waals surface area (Å²) < 4.78 is 69.7. The van der Waals surface area contributed by atoms with Crippen molar-refractivity contribution in [3.63, 3.8) is 0 Å². The van der Waals surface area contributed by atoms with Gasteiger partial charge in [-0.05, 0) is 72.4 Å². The SMILES string of the molecule is C=CCCc1ccc(C2CCc3c(ccc(OC(F)(F)F)c3F)C2)c(F)c1. The molecule has 0 radical (unpaired) electrons. The van der Waals surface area contributed by atoms with Crippen LogP contribution in [0.15, 0.2) is 43.0 Å². The van der Waals surface area contributed by atoms with Gasteiger partial charge in [0.1, 0.15) is 5.82 Å². The minimum absolute atomic E-state index is 0.139. The zero-order valence-electron chi connectivity index (χ0n) is 14.6. The van der Waals surface area contributed by atoms with E-state index in [-0.39, 0.29) is 23.7 Å². The number of fused-ring (bicyclic) bond motifs is 1. The molecule has 0 aliphatic heterocycles. The largest absolute Gasteiger partial charge is 0.573 e. The number of aryl methyl sites for hydroxylation is 1. The molecule has 1 aliphatic rings. The summed E-state index contributed by atoms with van der Waals surface area (Å²) in [5, 5.41) is 0. The molecule has 6 heteroatoms. The third-order valence-corrected chi connectivity index (χ3v) is 4.88. The maximum atomic E-state index is 14.5. The van der Waals surface area contributed by atoms with Gasteiger partial charge in [0.15, 0.2) is 11.6 Å². The molecule has 2 aromatic rings. The molecule has 1 aliphatic carbocycles. The van der Waals surface area contributed by atoms with Crippen LogP contribution in [0.4, 0.5) is 22.0 Å². The number of benzene rings is 2. The Labute approximate surface area is 154 Å². The first kappa shape index (κ1) is 19.4. The highest BCUT2D eigenvalue weighted by atomic mass is 19.4. The normalized spacial score (nSPS) is 16.7. The fourth-order valence-corrected chi connectivity index (χ4v) is 3.58. The maximum Gasteiger partial charge on any atom is 0.573 e. The van der Waals surface area contributed by atoms with Crippen molar-refractivity contribution in [2.45, 2.75) is 44.4 Å². The second-order valence-electron chi connectivity index (χ2n) is 6.69. The Kier molecular flexibility index (Phi) is 5.53. The predicted molar refractivity (Wildman–Crippen MR) is 92.8 cm³/mol. The Morgan fingerprint density at radius 1 is 1.15 bits per heavy atom. The van der Waals surface area contributed by atoms with Gasteiger partial charge in [0.25, 0.3) is 0 Å². The van der Waals surface area contributed by atoms with Crippen molar-refractivity contribution in [2.24, 2.45) is 0 Å². The van der Waals surface area contributed by atoms with E-state index < -0.39 is 17.9 Å². The highest BCUT2D eigenvalue weighted by Gasteiger charge is 2.34. The number of hydrogen-bond donors (Lipinski definition) is 0. The van der Waals surface area contributed by atoms with Crippen molar-refractivity contribution in [2.75, 3.05) is 0 Å². The molecule has 0 aromatic heterocycles. The van der Waals surface area contributed by atoms with Crippen LogP contribution in [0.2, 0.25) is 0 Å². The smallest absolute Gasteiger partial charge is 0.403 e. The van der Waals surface area contributed by atoms with E-state index in [1.807, 2.05) is 6.07 Å². The van der Waals surface area contributed by atoms with Crippen molar-refractivity contribution < 1.29 is 26.7 Å². The van der Waals surface area contributed by atoms with Gasteiger partial charge in [-0.2, -0.15) is 0 Å². The van der Waals surface area contributed by atoms with E-state index in [1.165, 1.54) is 12.1 Å². The Morgan fingerprint density at radius 2 is 1.93 bits per heavy atom. The zero-order chi connectivity index (χ0) is 19.6. The molecule has 0 amide bonds. The second kappa shape index (κ2) is 7.71. The lowest BCUT2D eigenvalue weighted by Crippen LogP contribution is -2.20. The summed E-state index contributed by atoms with van der Waals surface area (Å²) >= 11 is 0. The molecular formula is C21H19F5O. The maximum absolute atomic E-state index is 14.5. The molecule has 0 bridgehead atoms. The molecule has 0 spiro atoms. The molecular weight excluding hydrogens is 363 g/mol. The van der Waals surface area contributed by atoms with Gasteiger partial charge in [0.05, 0.1) is 0 Å². The Bertz CT molecular complexity index is 841. The van der Waals surface area contributed by atoms with Gasteiger partial charge in [-0.25, -0.2) is 8.78 Å². The molecule has 0 fully saturated rings. The quantitative estimate of drug-likeness (QED) is 0.438. The van der Waals surface area contributed by atoms with E-state index >= 15 is 0 Å². The van der Waals surface area contributed by atoms with Crippen LogP contribution in [0, 0.1) is 11.6 Å². The molecule has 0 saturated carbocycles. The first-order valence-corrected chi connectivity index (χ1v) is 8.73. The van der Waals surface area contributed by atoms with Gasteiger partial charge >= 0.3 is 6.36 Å². The van der Waals surface area contributed by atoms with Crippen LogP contribution in [0.1, 0.15) is 41.0 Å². The summed E-state index contributed by atoms with van der Waals surface area (Å²) in [6, 6.07) is 7.55. The van der Waals surface area contributed by atoms with Gasteiger partial charge in [0, 0.05) is 0 Å². The number of allylic oxidation sites excluding steroid dienone is 1. The molecule has 144 valence electrons. The van der Waals surface area contributed by atoms with Crippen LogP contribution >= 0.6 is 0 Å². The van der Waals surface area contributed by atoms with Gasteiger partial charge in [-0.1, -0.05) is 24.3 Å². The first-order valence-electron chi connectivity index (χ1n) is 8.73. The molecule has 0 saturated heterocycles.